The standard InChI is InChI=1S/C16H28N4O.H2S/c1-16(2,3)17-12-14(21)13-6-5-7-15(18-13)20-10-8-19(4)9-11-20;/h5-7,14,17,21H,8-12H2,1-4H3;1H2/t14-;/m0./s1. The maximum atomic E-state index is 10.3. The minimum atomic E-state index is -0.573. The third kappa shape index (κ3) is 5.76. The number of β-amino-alcohol motifs (C(OH)–C–C–N with tert-alkyl or cyclic N) is 1. The van der Waals surface area contributed by atoms with Crippen molar-refractivity contribution in [2.24, 2.45) is 0 Å². The van der Waals surface area contributed by atoms with Gasteiger partial charge in [-0.25, -0.2) is 4.98 Å². The normalized spacial score (nSPS) is 18.0. The predicted octanol–water partition coefficient (Wildman–Crippen LogP) is 1.37. The first-order valence-corrected chi connectivity index (χ1v) is 7.69. The first-order chi connectivity index (χ1) is 9.85. The molecule has 0 aliphatic carbocycles. The van der Waals surface area contributed by atoms with Crippen LogP contribution < -0.4 is 10.2 Å². The molecule has 1 aliphatic rings. The number of aromatic nitrogens is 1. The molecule has 5 nitrogen and oxygen atoms in total. The van der Waals surface area contributed by atoms with E-state index in [0.29, 0.717) is 6.54 Å². The van der Waals surface area contributed by atoms with Crippen molar-refractivity contribution in [3.05, 3.63) is 23.9 Å². The van der Waals surface area contributed by atoms with Gasteiger partial charge >= 0.3 is 0 Å². The van der Waals surface area contributed by atoms with E-state index in [4.69, 9.17) is 0 Å². The number of pyridine rings is 1. The molecule has 1 aromatic rings. The average Bonchev–Trinajstić information content (AvgIpc) is 2.45. The van der Waals surface area contributed by atoms with Crippen molar-refractivity contribution >= 4 is 19.3 Å². The van der Waals surface area contributed by atoms with Crippen LogP contribution in [0.15, 0.2) is 18.2 Å². The molecule has 0 amide bonds. The van der Waals surface area contributed by atoms with Crippen molar-refractivity contribution in [2.45, 2.75) is 32.4 Å². The van der Waals surface area contributed by atoms with Crippen molar-refractivity contribution in [2.75, 3.05) is 44.7 Å². The molecule has 2 heterocycles. The molecule has 0 unspecified atom stereocenters. The number of likely N-dealkylation sites (N-methyl/N-ethyl adjacent to an activating group) is 1. The smallest absolute Gasteiger partial charge is 0.129 e. The van der Waals surface area contributed by atoms with Crippen LogP contribution in [0.2, 0.25) is 0 Å². The monoisotopic (exact) mass is 326 g/mol. The van der Waals surface area contributed by atoms with E-state index in [0.717, 1.165) is 37.7 Å². The van der Waals surface area contributed by atoms with Gasteiger partial charge in [-0.15, -0.1) is 0 Å². The third-order valence-electron chi connectivity index (χ3n) is 3.75. The lowest BCUT2D eigenvalue weighted by Gasteiger charge is -2.33. The quantitative estimate of drug-likeness (QED) is 0.875. The van der Waals surface area contributed by atoms with Crippen LogP contribution in [0.25, 0.3) is 0 Å². The van der Waals surface area contributed by atoms with Crippen molar-refractivity contribution in [1.82, 2.24) is 15.2 Å². The molecule has 126 valence electrons. The fourth-order valence-corrected chi connectivity index (χ4v) is 2.34. The SMILES string of the molecule is CN1CCN(c2cccc([C@@H](O)CNC(C)(C)C)n2)CC1.S. The number of hydrogen-bond donors (Lipinski definition) is 2. The van der Waals surface area contributed by atoms with E-state index in [1.807, 2.05) is 18.2 Å². The van der Waals surface area contributed by atoms with Crippen LogP contribution in [0.5, 0.6) is 0 Å². The van der Waals surface area contributed by atoms with Gasteiger partial charge in [0.15, 0.2) is 0 Å². The summed E-state index contributed by atoms with van der Waals surface area (Å²) in [6.07, 6.45) is -0.573. The summed E-state index contributed by atoms with van der Waals surface area (Å²) in [4.78, 5) is 9.25. The second-order valence-corrected chi connectivity index (χ2v) is 6.86. The molecule has 1 aromatic heterocycles. The maximum Gasteiger partial charge on any atom is 0.129 e. The molecule has 0 saturated carbocycles. The van der Waals surface area contributed by atoms with Gasteiger partial charge < -0.3 is 20.2 Å². The number of rotatable bonds is 4. The number of anilines is 1. The largest absolute Gasteiger partial charge is 0.385 e. The van der Waals surface area contributed by atoms with Crippen LogP contribution in [0.4, 0.5) is 5.82 Å². The van der Waals surface area contributed by atoms with Crippen molar-refractivity contribution in [3.8, 4) is 0 Å². The molecule has 22 heavy (non-hydrogen) atoms. The summed E-state index contributed by atoms with van der Waals surface area (Å²) in [5.41, 5.74) is 0.735. The number of aliphatic hydroxyl groups excluding tert-OH is 1. The lowest BCUT2D eigenvalue weighted by Crippen LogP contribution is -2.45. The lowest BCUT2D eigenvalue weighted by atomic mass is 10.1. The summed E-state index contributed by atoms with van der Waals surface area (Å²) < 4.78 is 0. The zero-order chi connectivity index (χ0) is 15.5. The highest BCUT2D eigenvalue weighted by atomic mass is 32.1. The molecule has 2 N–H and O–H groups in total. The molecular weight excluding hydrogens is 296 g/mol. The summed E-state index contributed by atoms with van der Waals surface area (Å²) in [5, 5.41) is 13.6. The van der Waals surface area contributed by atoms with Gasteiger partial charge in [0.2, 0.25) is 0 Å². The van der Waals surface area contributed by atoms with Gasteiger partial charge in [-0.05, 0) is 40.0 Å². The van der Waals surface area contributed by atoms with E-state index in [9.17, 15) is 5.11 Å². The number of nitrogens with zero attached hydrogens (tertiary/aromatic N) is 3. The minimum absolute atomic E-state index is 0. The average molecular weight is 327 g/mol. The summed E-state index contributed by atoms with van der Waals surface area (Å²) in [7, 11) is 2.14. The van der Waals surface area contributed by atoms with Gasteiger partial charge in [0, 0.05) is 38.3 Å². The number of piperazine rings is 1. The van der Waals surface area contributed by atoms with Crippen LogP contribution in [-0.2, 0) is 0 Å². The van der Waals surface area contributed by atoms with E-state index in [1.54, 1.807) is 0 Å². The second kappa shape index (κ2) is 8.15. The molecule has 1 saturated heterocycles. The molecule has 2 rings (SSSR count). The van der Waals surface area contributed by atoms with E-state index in [1.165, 1.54) is 0 Å². The fraction of sp³-hybridized carbons (Fsp3) is 0.688. The highest BCUT2D eigenvalue weighted by Crippen LogP contribution is 2.17. The molecule has 0 aromatic carbocycles. The highest BCUT2D eigenvalue weighted by molar-refractivity contribution is 7.59. The first-order valence-electron chi connectivity index (χ1n) is 7.69. The predicted molar refractivity (Wildman–Crippen MR) is 97.0 cm³/mol. The van der Waals surface area contributed by atoms with Gasteiger partial charge in [-0.1, -0.05) is 6.07 Å². The Morgan fingerprint density at radius 2 is 1.86 bits per heavy atom. The Morgan fingerprint density at radius 1 is 1.23 bits per heavy atom. The Hall–Kier alpha value is -0.820. The highest BCUT2D eigenvalue weighted by Gasteiger charge is 2.18. The van der Waals surface area contributed by atoms with Gasteiger partial charge in [-0.3, -0.25) is 0 Å². The summed E-state index contributed by atoms with van der Waals surface area (Å²) in [5.74, 6) is 0.968. The Kier molecular flexibility index (Phi) is 7.12. The third-order valence-corrected chi connectivity index (χ3v) is 3.75. The van der Waals surface area contributed by atoms with Gasteiger partial charge in [0.25, 0.3) is 0 Å². The van der Waals surface area contributed by atoms with Crippen LogP contribution in [-0.4, -0.2) is 60.3 Å². The Balaban J connectivity index is 0.00000242. The van der Waals surface area contributed by atoms with Crippen LogP contribution >= 0.6 is 13.5 Å². The Morgan fingerprint density at radius 3 is 2.45 bits per heavy atom. The molecule has 1 fully saturated rings. The van der Waals surface area contributed by atoms with E-state index in [-0.39, 0.29) is 19.0 Å². The zero-order valence-electron chi connectivity index (χ0n) is 14.1. The molecular formula is C16H30N4OS. The topological polar surface area (TPSA) is 51.6 Å². The van der Waals surface area contributed by atoms with Crippen LogP contribution in [0.3, 0.4) is 0 Å². The molecule has 1 atom stereocenters. The summed E-state index contributed by atoms with van der Waals surface area (Å²) in [6, 6.07) is 5.91. The zero-order valence-corrected chi connectivity index (χ0v) is 15.1. The maximum absolute atomic E-state index is 10.3. The molecule has 0 radical (unpaired) electrons. The van der Waals surface area contributed by atoms with E-state index in [2.05, 4.69) is 47.9 Å². The molecule has 1 aliphatic heterocycles. The van der Waals surface area contributed by atoms with Crippen molar-refractivity contribution in [3.63, 3.8) is 0 Å². The van der Waals surface area contributed by atoms with E-state index < -0.39 is 6.10 Å². The van der Waals surface area contributed by atoms with Crippen LogP contribution in [0.1, 0.15) is 32.6 Å². The molecule has 6 heteroatoms. The van der Waals surface area contributed by atoms with Gasteiger partial charge in [0.05, 0.1) is 5.69 Å². The van der Waals surface area contributed by atoms with Crippen molar-refractivity contribution in [1.29, 1.82) is 0 Å². The minimum Gasteiger partial charge on any atom is -0.385 e. The lowest BCUT2D eigenvalue weighted by molar-refractivity contribution is 0.159. The fourth-order valence-electron chi connectivity index (χ4n) is 2.34. The van der Waals surface area contributed by atoms with Gasteiger partial charge in [-0.2, -0.15) is 13.5 Å². The number of hydrogen-bond acceptors (Lipinski definition) is 5. The first kappa shape index (κ1) is 19.2. The Labute approximate surface area is 141 Å². The summed E-state index contributed by atoms with van der Waals surface area (Å²) in [6.45, 7) is 10.9. The summed E-state index contributed by atoms with van der Waals surface area (Å²) >= 11 is 0. The number of nitrogens with one attached hydrogen (secondary N) is 1. The molecule has 0 spiro atoms. The van der Waals surface area contributed by atoms with E-state index >= 15 is 0 Å². The van der Waals surface area contributed by atoms with Crippen molar-refractivity contribution < 1.29 is 5.11 Å². The molecule has 0 bridgehead atoms. The number of aliphatic hydroxyl groups is 1. The van der Waals surface area contributed by atoms with Gasteiger partial charge in [0.1, 0.15) is 11.9 Å². The second-order valence-electron chi connectivity index (χ2n) is 6.86. The van der Waals surface area contributed by atoms with Crippen LogP contribution in [0, 0.1) is 0 Å². The Bertz CT molecular complexity index is 456.